The maximum Gasteiger partial charge on any atom is 0.253 e. The summed E-state index contributed by atoms with van der Waals surface area (Å²) in [7, 11) is 0. The molecule has 6 heteroatoms. The molecule has 2 saturated heterocycles. The van der Waals surface area contributed by atoms with Crippen LogP contribution in [0.2, 0.25) is 0 Å². The molecule has 144 valence electrons. The van der Waals surface area contributed by atoms with E-state index in [4.69, 9.17) is 4.74 Å². The number of nitrogens with zero attached hydrogens (tertiary/aromatic N) is 3. The Morgan fingerprint density at radius 2 is 1.63 bits per heavy atom. The van der Waals surface area contributed by atoms with Crippen LogP contribution in [0.5, 0.6) is 5.75 Å². The maximum absolute atomic E-state index is 12.8. The lowest BCUT2D eigenvalue weighted by atomic mass is 10.1. The van der Waals surface area contributed by atoms with Crippen LogP contribution in [-0.2, 0) is 9.59 Å². The van der Waals surface area contributed by atoms with Crippen LogP contribution in [0.1, 0.15) is 24.8 Å². The van der Waals surface area contributed by atoms with E-state index in [1.807, 2.05) is 40.1 Å². The molecule has 4 rings (SSSR count). The van der Waals surface area contributed by atoms with E-state index >= 15 is 0 Å². The highest BCUT2D eigenvalue weighted by Gasteiger charge is 2.27. The van der Waals surface area contributed by atoms with Gasteiger partial charge in [-0.1, -0.05) is 18.2 Å². The molecule has 0 aliphatic carbocycles. The fraction of sp³-hybridized carbons (Fsp3) is 0.524. The Morgan fingerprint density at radius 3 is 2.41 bits per heavy atom. The summed E-state index contributed by atoms with van der Waals surface area (Å²) in [5, 5.41) is 0. The standard InChI is InChI=1S/C21H27N3O3/c25-20(23-8-4-1-5-9-23)15-22-10-12-24(13-11-22)21(26)18-14-17-6-2-3-7-19(17)27-16-18/h2-3,6-7,14H,1,4-5,8-13,15-16H2. The van der Waals surface area contributed by atoms with Crippen molar-refractivity contribution in [1.29, 1.82) is 0 Å². The quantitative estimate of drug-likeness (QED) is 0.813. The topological polar surface area (TPSA) is 53.1 Å². The third-order valence-electron chi connectivity index (χ3n) is 5.63. The van der Waals surface area contributed by atoms with Gasteiger partial charge in [-0.05, 0) is 31.4 Å². The molecule has 0 atom stereocenters. The first-order chi connectivity index (χ1) is 13.2. The van der Waals surface area contributed by atoms with E-state index in [0.29, 0.717) is 31.8 Å². The summed E-state index contributed by atoms with van der Waals surface area (Å²) in [6.45, 7) is 5.40. The predicted octanol–water partition coefficient (Wildman–Crippen LogP) is 1.62. The summed E-state index contributed by atoms with van der Waals surface area (Å²) in [6.07, 6.45) is 5.41. The molecule has 1 aromatic rings. The van der Waals surface area contributed by atoms with Crippen LogP contribution in [0.3, 0.4) is 0 Å². The molecule has 0 N–H and O–H groups in total. The van der Waals surface area contributed by atoms with Gasteiger partial charge >= 0.3 is 0 Å². The SMILES string of the molecule is O=C(CN1CCN(C(=O)C2=Cc3ccccc3OC2)CC1)N1CCCCC1. The van der Waals surface area contributed by atoms with Crippen LogP contribution in [0.4, 0.5) is 0 Å². The van der Waals surface area contributed by atoms with Crippen LogP contribution in [0.25, 0.3) is 6.08 Å². The van der Waals surface area contributed by atoms with Gasteiger partial charge in [0.25, 0.3) is 5.91 Å². The molecule has 0 radical (unpaired) electrons. The van der Waals surface area contributed by atoms with E-state index in [1.54, 1.807) is 0 Å². The highest BCUT2D eigenvalue weighted by Crippen LogP contribution is 2.26. The Bertz CT molecular complexity index is 732. The summed E-state index contributed by atoms with van der Waals surface area (Å²) in [5.74, 6) is 1.11. The molecule has 2 fully saturated rings. The molecule has 0 aromatic heterocycles. The van der Waals surface area contributed by atoms with Gasteiger partial charge in [0.15, 0.2) is 0 Å². The average molecular weight is 369 g/mol. The highest BCUT2D eigenvalue weighted by molar-refractivity contribution is 5.99. The zero-order valence-electron chi connectivity index (χ0n) is 15.7. The summed E-state index contributed by atoms with van der Waals surface area (Å²) in [6, 6.07) is 7.77. The first-order valence-electron chi connectivity index (χ1n) is 9.92. The van der Waals surface area contributed by atoms with Gasteiger partial charge < -0.3 is 14.5 Å². The number of carbonyl (C=O) groups excluding carboxylic acids is 2. The van der Waals surface area contributed by atoms with Crippen molar-refractivity contribution in [3.05, 3.63) is 35.4 Å². The number of piperazine rings is 1. The van der Waals surface area contributed by atoms with Gasteiger partial charge in [-0.25, -0.2) is 0 Å². The molecule has 3 aliphatic rings. The van der Waals surface area contributed by atoms with Crippen LogP contribution in [-0.4, -0.2) is 78.9 Å². The van der Waals surface area contributed by atoms with Crippen molar-refractivity contribution < 1.29 is 14.3 Å². The van der Waals surface area contributed by atoms with Crippen LogP contribution in [0, 0.1) is 0 Å². The zero-order valence-corrected chi connectivity index (χ0v) is 15.7. The van der Waals surface area contributed by atoms with E-state index in [-0.39, 0.29) is 11.8 Å². The second-order valence-corrected chi connectivity index (χ2v) is 7.51. The highest BCUT2D eigenvalue weighted by atomic mass is 16.5. The first-order valence-corrected chi connectivity index (χ1v) is 9.92. The van der Waals surface area contributed by atoms with Crippen molar-refractivity contribution >= 4 is 17.9 Å². The van der Waals surface area contributed by atoms with Crippen molar-refractivity contribution in [2.45, 2.75) is 19.3 Å². The third-order valence-corrected chi connectivity index (χ3v) is 5.63. The Hall–Kier alpha value is -2.34. The molecule has 0 saturated carbocycles. The number of benzene rings is 1. The van der Waals surface area contributed by atoms with Crippen molar-refractivity contribution in [2.24, 2.45) is 0 Å². The minimum absolute atomic E-state index is 0.0477. The summed E-state index contributed by atoms with van der Waals surface area (Å²) >= 11 is 0. The number of ether oxygens (including phenoxy) is 1. The van der Waals surface area contributed by atoms with E-state index in [9.17, 15) is 9.59 Å². The molecule has 27 heavy (non-hydrogen) atoms. The van der Waals surface area contributed by atoms with Crippen molar-refractivity contribution in [1.82, 2.24) is 14.7 Å². The van der Waals surface area contributed by atoms with Crippen molar-refractivity contribution in [3.8, 4) is 5.75 Å². The monoisotopic (exact) mass is 369 g/mol. The maximum atomic E-state index is 12.8. The van der Waals surface area contributed by atoms with Crippen molar-refractivity contribution in [2.75, 3.05) is 52.4 Å². The Morgan fingerprint density at radius 1 is 0.889 bits per heavy atom. The largest absolute Gasteiger partial charge is 0.488 e. The van der Waals surface area contributed by atoms with Crippen LogP contribution < -0.4 is 4.74 Å². The molecule has 3 aliphatic heterocycles. The van der Waals surface area contributed by atoms with E-state index < -0.39 is 0 Å². The average Bonchev–Trinajstić information content (AvgIpc) is 2.74. The number of hydrogen-bond acceptors (Lipinski definition) is 4. The first kappa shape index (κ1) is 18.0. The lowest BCUT2D eigenvalue weighted by molar-refractivity contribution is -0.134. The van der Waals surface area contributed by atoms with Gasteiger partial charge in [-0.3, -0.25) is 14.5 Å². The smallest absolute Gasteiger partial charge is 0.253 e. The number of amides is 2. The second kappa shape index (κ2) is 8.13. The van der Waals surface area contributed by atoms with Gasteiger partial charge in [0.05, 0.1) is 12.1 Å². The van der Waals surface area contributed by atoms with Crippen LogP contribution in [0.15, 0.2) is 29.8 Å². The lowest BCUT2D eigenvalue weighted by Crippen LogP contribution is -2.52. The lowest BCUT2D eigenvalue weighted by Gasteiger charge is -2.36. The third kappa shape index (κ3) is 4.16. The molecule has 0 bridgehead atoms. The van der Waals surface area contributed by atoms with E-state index in [0.717, 1.165) is 50.3 Å². The van der Waals surface area contributed by atoms with Crippen LogP contribution >= 0.6 is 0 Å². The molecular formula is C21H27N3O3. The number of piperidine rings is 1. The number of rotatable bonds is 3. The summed E-state index contributed by atoms with van der Waals surface area (Å²) in [4.78, 5) is 31.3. The summed E-state index contributed by atoms with van der Waals surface area (Å²) < 4.78 is 5.71. The fourth-order valence-electron chi connectivity index (χ4n) is 3.99. The van der Waals surface area contributed by atoms with Gasteiger partial charge in [-0.2, -0.15) is 0 Å². The number of likely N-dealkylation sites (tertiary alicyclic amines) is 1. The van der Waals surface area contributed by atoms with Gasteiger partial charge in [0, 0.05) is 44.8 Å². The molecule has 0 spiro atoms. The number of para-hydroxylation sites is 1. The normalized spacial score (nSPS) is 20.5. The van der Waals surface area contributed by atoms with Crippen molar-refractivity contribution in [3.63, 3.8) is 0 Å². The second-order valence-electron chi connectivity index (χ2n) is 7.51. The summed E-state index contributed by atoms with van der Waals surface area (Å²) in [5.41, 5.74) is 1.66. The zero-order chi connectivity index (χ0) is 18.6. The number of fused-ring (bicyclic) bond motifs is 1. The molecule has 1 aromatic carbocycles. The Labute approximate surface area is 160 Å². The van der Waals surface area contributed by atoms with E-state index in [1.165, 1.54) is 6.42 Å². The predicted molar refractivity (Wildman–Crippen MR) is 103 cm³/mol. The van der Waals surface area contributed by atoms with Gasteiger partial charge in [0.2, 0.25) is 5.91 Å². The van der Waals surface area contributed by atoms with Gasteiger partial charge in [0.1, 0.15) is 12.4 Å². The molecule has 2 amide bonds. The fourth-order valence-corrected chi connectivity index (χ4v) is 3.99. The molecule has 6 nitrogen and oxygen atoms in total. The Balaban J connectivity index is 1.29. The minimum atomic E-state index is 0.0477. The molecule has 0 unspecified atom stereocenters. The van der Waals surface area contributed by atoms with Gasteiger partial charge in [-0.15, -0.1) is 0 Å². The van der Waals surface area contributed by atoms with E-state index in [2.05, 4.69) is 4.90 Å². The number of hydrogen-bond donors (Lipinski definition) is 0. The Kier molecular flexibility index (Phi) is 5.43. The molecular weight excluding hydrogens is 342 g/mol. The molecule has 3 heterocycles. The minimum Gasteiger partial charge on any atom is -0.488 e. The number of carbonyl (C=O) groups is 2.